The Morgan fingerprint density at radius 3 is 2.45 bits per heavy atom. The molecule has 0 aliphatic carbocycles. The maximum absolute atomic E-state index is 12.3. The number of carbonyl (C=O) groups is 2. The quantitative estimate of drug-likeness (QED) is 0.627. The molecule has 22 heavy (non-hydrogen) atoms. The highest BCUT2D eigenvalue weighted by Gasteiger charge is 2.19. The van der Waals surface area contributed by atoms with E-state index in [2.05, 4.69) is 9.55 Å². The molecule has 2 rings (SSSR count). The van der Waals surface area contributed by atoms with Gasteiger partial charge in [-0.25, -0.2) is 9.78 Å². The maximum Gasteiger partial charge on any atom is 0.350 e. The predicted octanol–water partition coefficient (Wildman–Crippen LogP) is 3.24. The van der Waals surface area contributed by atoms with Crippen LogP contribution in [0.3, 0.4) is 0 Å². The molecule has 0 N–H and O–H groups in total. The first-order chi connectivity index (χ1) is 10.3. The molecular formula is C16H20N2O3S. The van der Waals surface area contributed by atoms with Gasteiger partial charge in [-0.05, 0) is 40.7 Å². The Kier molecular flexibility index (Phi) is 4.81. The van der Waals surface area contributed by atoms with Gasteiger partial charge >= 0.3 is 5.97 Å². The third-order valence-corrected chi connectivity index (χ3v) is 4.67. The van der Waals surface area contributed by atoms with Crippen LogP contribution in [0.25, 0.3) is 0 Å². The summed E-state index contributed by atoms with van der Waals surface area (Å²) in [6.07, 6.45) is 0. The van der Waals surface area contributed by atoms with E-state index in [1.165, 1.54) is 11.3 Å². The van der Waals surface area contributed by atoms with Gasteiger partial charge in [0.05, 0.1) is 10.7 Å². The standard InChI is InChI=1S/C16H20N2O3S/c1-6-18-9(2)7-13(11(18)4)14(19)8-21-16(20)15-10(3)17-12(5)22-15/h7H,6,8H2,1-5H3. The largest absolute Gasteiger partial charge is 0.453 e. The molecule has 0 aromatic carbocycles. The molecule has 2 heterocycles. The Hall–Kier alpha value is -1.95. The van der Waals surface area contributed by atoms with Gasteiger partial charge < -0.3 is 9.30 Å². The number of ether oxygens (including phenoxy) is 1. The van der Waals surface area contributed by atoms with E-state index in [0.717, 1.165) is 22.9 Å². The molecule has 0 unspecified atom stereocenters. The van der Waals surface area contributed by atoms with Crippen LogP contribution in [-0.2, 0) is 11.3 Å². The Bertz CT molecular complexity index is 728. The van der Waals surface area contributed by atoms with E-state index >= 15 is 0 Å². The molecule has 0 saturated heterocycles. The molecule has 0 saturated carbocycles. The molecule has 0 radical (unpaired) electrons. The van der Waals surface area contributed by atoms with Crippen LogP contribution < -0.4 is 0 Å². The number of aryl methyl sites for hydroxylation is 3. The minimum Gasteiger partial charge on any atom is -0.453 e. The van der Waals surface area contributed by atoms with E-state index in [9.17, 15) is 9.59 Å². The average molecular weight is 320 g/mol. The molecule has 0 amide bonds. The lowest BCUT2D eigenvalue weighted by atomic mass is 10.1. The van der Waals surface area contributed by atoms with E-state index < -0.39 is 5.97 Å². The van der Waals surface area contributed by atoms with Gasteiger partial charge in [-0.1, -0.05) is 0 Å². The van der Waals surface area contributed by atoms with Gasteiger partial charge in [-0.15, -0.1) is 11.3 Å². The van der Waals surface area contributed by atoms with Crippen LogP contribution in [0.2, 0.25) is 0 Å². The number of Topliss-reactive ketones (excluding diaryl/α,β-unsaturated/α-hetero) is 1. The fourth-order valence-corrected chi connectivity index (χ4v) is 3.38. The minimum atomic E-state index is -0.485. The summed E-state index contributed by atoms with van der Waals surface area (Å²) in [5, 5.41) is 0.808. The second kappa shape index (κ2) is 6.44. The molecular weight excluding hydrogens is 300 g/mol. The smallest absolute Gasteiger partial charge is 0.350 e. The fraction of sp³-hybridized carbons (Fsp3) is 0.438. The first-order valence-electron chi connectivity index (χ1n) is 7.16. The van der Waals surface area contributed by atoms with E-state index in [4.69, 9.17) is 4.74 Å². The van der Waals surface area contributed by atoms with Gasteiger partial charge in [-0.2, -0.15) is 0 Å². The first kappa shape index (κ1) is 16.4. The summed E-state index contributed by atoms with van der Waals surface area (Å²) >= 11 is 1.28. The van der Waals surface area contributed by atoms with Gasteiger partial charge in [0.15, 0.2) is 6.61 Å². The maximum atomic E-state index is 12.3. The van der Waals surface area contributed by atoms with E-state index in [-0.39, 0.29) is 12.4 Å². The number of carbonyl (C=O) groups excluding carboxylic acids is 2. The lowest BCUT2D eigenvalue weighted by molar-refractivity contribution is 0.0478. The summed E-state index contributed by atoms with van der Waals surface area (Å²) in [6.45, 7) is 10.1. The molecule has 5 nitrogen and oxygen atoms in total. The lowest BCUT2D eigenvalue weighted by Crippen LogP contribution is -2.15. The van der Waals surface area contributed by atoms with Crippen LogP contribution in [0.5, 0.6) is 0 Å². The van der Waals surface area contributed by atoms with Crippen molar-refractivity contribution in [2.75, 3.05) is 6.61 Å². The van der Waals surface area contributed by atoms with Crippen molar-refractivity contribution >= 4 is 23.1 Å². The highest BCUT2D eigenvalue weighted by Crippen LogP contribution is 2.19. The summed E-state index contributed by atoms with van der Waals surface area (Å²) in [5.41, 5.74) is 3.20. The van der Waals surface area contributed by atoms with Gasteiger partial charge in [0.25, 0.3) is 0 Å². The third-order valence-electron chi connectivity index (χ3n) is 3.61. The zero-order valence-corrected chi connectivity index (χ0v) is 14.3. The molecule has 0 atom stereocenters. The highest BCUT2D eigenvalue weighted by molar-refractivity contribution is 7.13. The highest BCUT2D eigenvalue weighted by atomic mass is 32.1. The molecule has 0 aliphatic rings. The molecule has 2 aromatic heterocycles. The van der Waals surface area contributed by atoms with Crippen molar-refractivity contribution in [3.05, 3.63) is 38.6 Å². The van der Waals surface area contributed by atoms with E-state index in [0.29, 0.717) is 16.1 Å². The monoisotopic (exact) mass is 320 g/mol. The summed E-state index contributed by atoms with van der Waals surface area (Å²) in [5.74, 6) is -0.666. The molecule has 2 aromatic rings. The number of ketones is 1. The van der Waals surface area contributed by atoms with Crippen LogP contribution in [0.1, 0.15) is 49.0 Å². The number of rotatable bonds is 5. The summed E-state index contributed by atoms with van der Waals surface area (Å²) in [6, 6.07) is 1.84. The third kappa shape index (κ3) is 3.11. The lowest BCUT2D eigenvalue weighted by Gasteiger charge is -2.06. The van der Waals surface area contributed by atoms with Crippen LogP contribution >= 0.6 is 11.3 Å². The SMILES string of the molecule is CCn1c(C)cc(C(=O)COC(=O)c2sc(C)nc2C)c1C. The van der Waals surface area contributed by atoms with Crippen molar-refractivity contribution in [3.63, 3.8) is 0 Å². The summed E-state index contributed by atoms with van der Waals surface area (Å²) < 4.78 is 7.21. The van der Waals surface area contributed by atoms with Gasteiger partial charge in [0.1, 0.15) is 4.88 Å². The van der Waals surface area contributed by atoms with Crippen molar-refractivity contribution in [3.8, 4) is 0 Å². The molecule has 0 spiro atoms. The first-order valence-corrected chi connectivity index (χ1v) is 7.97. The number of esters is 1. The molecule has 0 fully saturated rings. The molecule has 6 heteroatoms. The zero-order chi connectivity index (χ0) is 16.4. The Morgan fingerprint density at radius 2 is 1.95 bits per heavy atom. The van der Waals surface area contributed by atoms with Gasteiger partial charge in [0.2, 0.25) is 5.78 Å². The molecule has 118 valence electrons. The van der Waals surface area contributed by atoms with Crippen molar-refractivity contribution in [1.82, 2.24) is 9.55 Å². The molecule has 0 aliphatic heterocycles. The zero-order valence-electron chi connectivity index (χ0n) is 13.5. The normalized spacial score (nSPS) is 10.8. The van der Waals surface area contributed by atoms with Crippen molar-refractivity contribution < 1.29 is 14.3 Å². The van der Waals surface area contributed by atoms with Crippen LogP contribution in [0, 0.1) is 27.7 Å². The van der Waals surface area contributed by atoms with E-state index in [1.807, 2.05) is 33.8 Å². The predicted molar refractivity (Wildman–Crippen MR) is 85.8 cm³/mol. The van der Waals surface area contributed by atoms with Crippen molar-refractivity contribution in [2.24, 2.45) is 0 Å². The number of hydrogen-bond donors (Lipinski definition) is 0. The van der Waals surface area contributed by atoms with E-state index in [1.54, 1.807) is 6.92 Å². The summed E-state index contributed by atoms with van der Waals surface area (Å²) in [4.78, 5) is 28.9. The summed E-state index contributed by atoms with van der Waals surface area (Å²) in [7, 11) is 0. The van der Waals surface area contributed by atoms with Crippen LogP contribution in [0.4, 0.5) is 0 Å². The van der Waals surface area contributed by atoms with Gasteiger partial charge in [-0.3, -0.25) is 4.79 Å². The average Bonchev–Trinajstić information content (AvgIpc) is 2.95. The van der Waals surface area contributed by atoms with Crippen molar-refractivity contribution in [1.29, 1.82) is 0 Å². The number of thiazole rings is 1. The van der Waals surface area contributed by atoms with Crippen LogP contribution in [-0.4, -0.2) is 27.9 Å². The fourth-order valence-electron chi connectivity index (χ4n) is 2.57. The Labute approximate surface area is 133 Å². The number of nitrogens with zero attached hydrogens (tertiary/aromatic N) is 2. The second-order valence-electron chi connectivity index (χ2n) is 5.18. The number of hydrogen-bond acceptors (Lipinski definition) is 5. The number of aromatic nitrogens is 2. The van der Waals surface area contributed by atoms with Gasteiger partial charge in [0, 0.05) is 23.5 Å². The minimum absolute atomic E-state index is 0.181. The van der Waals surface area contributed by atoms with Crippen molar-refractivity contribution in [2.45, 2.75) is 41.2 Å². The topological polar surface area (TPSA) is 61.2 Å². The van der Waals surface area contributed by atoms with Crippen LogP contribution in [0.15, 0.2) is 6.07 Å². The Balaban J connectivity index is 2.07. The second-order valence-corrected chi connectivity index (χ2v) is 6.38. The Morgan fingerprint density at radius 1 is 1.27 bits per heavy atom. The molecule has 0 bridgehead atoms.